The number of hydrogen-bond acceptors (Lipinski definition) is 0. The number of nitrogens with zero attached hydrogens (tertiary/aromatic N) is 9. The predicted molar refractivity (Wildman–Crippen MR) is 227 cm³/mol. The summed E-state index contributed by atoms with van der Waals surface area (Å²) in [7, 11) is 10.1. The molecule has 0 saturated heterocycles. The molecule has 0 aliphatic heterocycles. The lowest BCUT2D eigenvalue weighted by Crippen LogP contribution is -2.23. The molecule has 0 amide bonds. The van der Waals surface area contributed by atoms with Gasteiger partial charge in [0, 0.05) is 0 Å². The first-order valence-electron chi connectivity index (χ1n) is 18.2. The lowest BCUT2D eigenvalue weighted by atomic mass is 10.2. The molecule has 5 aromatic heterocycles. The van der Waals surface area contributed by atoms with Crippen LogP contribution in [0.4, 0.5) is 0 Å². The van der Waals surface area contributed by atoms with Crippen LogP contribution < -0.4 is 22.8 Å². The van der Waals surface area contributed by atoms with Gasteiger partial charge in [0.2, 0.25) is 31.6 Å². The van der Waals surface area contributed by atoms with Crippen molar-refractivity contribution in [3.05, 3.63) is 93.6 Å². The van der Waals surface area contributed by atoms with Crippen molar-refractivity contribution >= 4 is 0 Å². The Balaban J connectivity index is -0.000000180. The van der Waals surface area contributed by atoms with Gasteiger partial charge < -0.3 is 0 Å². The van der Waals surface area contributed by atoms with Gasteiger partial charge >= 0.3 is 0 Å². The largest absolute Gasteiger partial charge is 0.250 e. The van der Waals surface area contributed by atoms with Crippen molar-refractivity contribution < 1.29 is 22.8 Å². The van der Waals surface area contributed by atoms with Crippen LogP contribution in [0.1, 0.15) is 129 Å². The molecule has 0 aliphatic rings. The number of nitrogens with one attached hydrogen (secondary N) is 1. The van der Waals surface area contributed by atoms with Crippen molar-refractivity contribution in [3.8, 4) is 0 Å². The van der Waals surface area contributed by atoms with Gasteiger partial charge in [0.1, 0.15) is 62.0 Å². The molecule has 0 aliphatic carbocycles. The van der Waals surface area contributed by atoms with E-state index in [1.165, 1.54) is 77.3 Å². The summed E-state index contributed by atoms with van der Waals surface area (Å²) >= 11 is 0. The molecule has 0 saturated carbocycles. The van der Waals surface area contributed by atoms with Gasteiger partial charge in [-0.3, -0.25) is 4.98 Å². The van der Waals surface area contributed by atoms with E-state index in [-0.39, 0.29) is 37.1 Å². The van der Waals surface area contributed by atoms with Gasteiger partial charge in [-0.1, -0.05) is 90.0 Å². The Bertz CT molecular complexity index is 1340. The first-order valence-corrected chi connectivity index (χ1v) is 18.2. The van der Waals surface area contributed by atoms with Crippen LogP contribution in [0.3, 0.4) is 0 Å². The SMILES string of the molecule is C.C.C.C.C.CCCCCCn1cc[n+](C)c1.CCCCCCn1cc[n+](C)c1.CCCCn1cc[n+](C)c1.CCn1cc[n+](C)c1.C[n+]1cc[nH]c1. The second-order valence-corrected chi connectivity index (χ2v) is 12.6. The minimum Gasteiger partial charge on any atom is -0.250 e. The Morgan fingerprint density at radius 2 is 0.736 bits per heavy atom. The highest BCUT2D eigenvalue weighted by molar-refractivity contribution is 4.67. The summed E-state index contributed by atoms with van der Waals surface area (Å²) in [5.74, 6) is 0. The molecule has 0 aromatic carbocycles. The Morgan fingerprint density at radius 3 is 0.943 bits per heavy atom. The van der Waals surface area contributed by atoms with Crippen molar-refractivity contribution in [1.29, 1.82) is 0 Å². The highest BCUT2D eigenvalue weighted by Gasteiger charge is 1.99. The maximum atomic E-state index is 2.89. The summed E-state index contributed by atoms with van der Waals surface area (Å²) in [6.45, 7) is 13.4. The Hall–Kier alpha value is -3.95. The van der Waals surface area contributed by atoms with E-state index in [4.69, 9.17) is 0 Å². The molecule has 308 valence electrons. The first kappa shape index (κ1) is 58.4. The van der Waals surface area contributed by atoms with Gasteiger partial charge in [0.25, 0.3) is 0 Å². The Labute approximate surface area is 329 Å². The topological polar surface area (TPSA) is 54.9 Å². The summed E-state index contributed by atoms with van der Waals surface area (Å²) < 4.78 is 19.0. The number of rotatable bonds is 14. The Kier molecular flexibility index (Phi) is 41.6. The van der Waals surface area contributed by atoms with Gasteiger partial charge in [-0.2, -0.15) is 0 Å². The van der Waals surface area contributed by atoms with Crippen LogP contribution in [0.2, 0.25) is 0 Å². The van der Waals surface area contributed by atoms with Crippen molar-refractivity contribution in [3.63, 3.8) is 0 Å². The van der Waals surface area contributed by atoms with Gasteiger partial charge in [-0.15, -0.1) is 0 Å². The maximum absolute atomic E-state index is 2.89. The number of imidazole rings is 5. The number of aromatic nitrogens is 10. The van der Waals surface area contributed by atoms with Crippen LogP contribution in [-0.2, 0) is 61.4 Å². The summed E-state index contributed by atoms with van der Waals surface area (Å²) in [4.78, 5) is 2.89. The second-order valence-electron chi connectivity index (χ2n) is 12.6. The van der Waals surface area contributed by atoms with Crippen LogP contribution >= 0.6 is 0 Å². The zero-order chi connectivity index (χ0) is 35.4. The van der Waals surface area contributed by atoms with Crippen molar-refractivity contribution in [2.24, 2.45) is 35.2 Å². The number of aromatic amines is 1. The van der Waals surface area contributed by atoms with E-state index in [1.54, 1.807) is 0 Å². The van der Waals surface area contributed by atoms with E-state index >= 15 is 0 Å². The minimum atomic E-state index is 0. The summed E-state index contributed by atoms with van der Waals surface area (Å²) in [6.07, 6.45) is 44.1. The van der Waals surface area contributed by atoms with E-state index in [0.29, 0.717) is 0 Å². The van der Waals surface area contributed by atoms with Crippen molar-refractivity contribution in [2.45, 2.75) is 155 Å². The molecular formula is C43H91N10+5. The quantitative estimate of drug-likeness (QED) is 0.0880. The summed E-state index contributed by atoms with van der Waals surface area (Å²) in [5.41, 5.74) is 0. The van der Waals surface area contributed by atoms with E-state index < -0.39 is 0 Å². The molecule has 10 heteroatoms. The third-order valence-electron chi connectivity index (χ3n) is 7.65. The highest BCUT2D eigenvalue weighted by atomic mass is 15.1. The normalized spacial score (nSPS) is 9.15. The van der Waals surface area contributed by atoms with Crippen LogP contribution in [0, 0.1) is 0 Å². The molecule has 0 radical (unpaired) electrons. The average Bonchev–Trinajstić information content (AvgIpc) is 3.93. The summed E-state index contributed by atoms with van der Waals surface area (Å²) in [6, 6.07) is 0. The van der Waals surface area contributed by atoms with E-state index in [2.05, 4.69) is 147 Å². The maximum Gasteiger partial charge on any atom is 0.243 e. The van der Waals surface area contributed by atoms with Crippen LogP contribution in [0.25, 0.3) is 0 Å². The first-order chi connectivity index (χ1) is 23.2. The second kappa shape index (κ2) is 37.8. The lowest BCUT2D eigenvalue weighted by molar-refractivity contribution is -0.671. The summed E-state index contributed by atoms with van der Waals surface area (Å²) in [5, 5.41) is 0. The standard InChI is InChI=1S/2C10H19N2.C8H15N2.C6H11N2.C4H6N2.5CH4/c2*1-3-4-5-6-7-12-9-8-11(2)10-12;1-3-4-5-10-7-6-9(2)8-10;1-3-8-5-4-7(2)6-8;1-6-3-2-5-4-6;;;;;/h2*8-10H,3-7H2,1-2H3;6-8H,3-5H2,1-2H3;4-6H,3H2,1-2H3;2-4H,1H3;5*1H4/q4*+1;;;;;;/p+1. The van der Waals surface area contributed by atoms with E-state index in [9.17, 15) is 0 Å². The lowest BCUT2D eigenvalue weighted by Gasteiger charge is -1.95. The molecule has 5 aromatic rings. The molecular weight excluding hydrogens is 657 g/mol. The molecule has 1 N–H and O–H groups in total. The molecule has 0 unspecified atom stereocenters. The molecule has 0 spiro atoms. The molecule has 0 bridgehead atoms. The van der Waals surface area contributed by atoms with E-state index in [0.717, 1.165) is 13.1 Å². The van der Waals surface area contributed by atoms with Crippen molar-refractivity contribution in [2.75, 3.05) is 0 Å². The molecule has 53 heavy (non-hydrogen) atoms. The Morgan fingerprint density at radius 1 is 0.396 bits per heavy atom. The van der Waals surface area contributed by atoms with Gasteiger partial charge in [-0.05, 0) is 39.0 Å². The highest BCUT2D eigenvalue weighted by Crippen LogP contribution is 2.01. The number of aryl methyl sites for hydroxylation is 9. The fourth-order valence-electron chi connectivity index (χ4n) is 4.74. The van der Waals surface area contributed by atoms with Gasteiger partial charge in [0.15, 0.2) is 0 Å². The van der Waals surface area contributed by atoms with Crippen LogP contribution in [0.15, 0.2) is 93.6 Å². The molecule has 0 atom stereocenters. The van der Waals surface area contributed by atoms with E-state index in [1.807, 2.05) is 55.2 Å². The van der Waals surface area contributed by atoms with Crippen LogP contribution in [-0.4, -0.2) is 23.3 Å². The van der Waals surface area contributed by atoms with Gasteiger partial charge in [-0.25, -0.2) is 41.1 Å². The number of H-pyrrole nitrogens is 1. The number of hydrogen-bond donors (Lipinski definition) is 1. The zero-order valence-electron chi connectivity index (χ0n) is 32.1. The van der Waals surface area contributed by atoms with Gasteiger partial charge in [0.05, 0.1) is 61.4 Å². The van der Waals surface area contributed by atoms with Crippen LogP contribution in [0.5, 0.6) is 0 Å². The fourth-order valence-corrected chi connectivity index (χ4v) is 4.74. The third kappa shape index (κ3) is 31.3. The molecule has 10 nitrogen and oxygen atoms in total. The third-order valence-corrected chi connectivity index (χ3v) is 7.65. The fraction of sp³-hybridized carbons (Fsp3) is 0.651. The average molecular weight is 748 g/mol. The van der Waals surface area contributed by atoms with Crippen molar-refractivity contribution in [1.82, 2.24) is 23.3 Å². The monoisotopic (exact) mass is 748 g/mol. The smallest absolute Gasteiger partial charge is 0.243 e. The minimum absolute atomic E-state index is 0. The zero-order valence-corrected chi connectivity index (χ0v) is 32.1. The number of unbranched alkanes of at least 4 members (excludes halogenated alkanes) is 7. The molecule has 0 fully saturated rings. The molecule has 5 rings (SSSR count). The molecule has 5 heterocycles. The predicted octanol–water partition coefficient (Wildman–Crippen LogP) is 8.25.